The molecule has 0 aromatic heterocycles. The highest BCUT2D eigenvalue weighted by Crippen LogP contribution is 2.66. The van der Waals surface area contributed by atoms with Gasteiger partial charge in [-0.05, 0) is 201 Å². The lowest BCUT2D eigenvalue weighted by molar-refractivity contribution is 0.795. The molecule has 2 spiro atoms. The fourth-order valence-electron chi connectivity index (χ4n) is 13.8. The van der Waals surface area contributed by atoms with Crippen LogP contribution in [0.3, 0.4) is 0 Å². The minimum Gasteiger partial charge on any atom is -0.310 e. The van der Waals surface area contributed by atoms with Crippen LogP contribution in [0.2, 0.25) is 0 Å². The van der Waals surface area contributed by atoms with Crippen LogP contribution in [-0.4, -0.2) is 0 Å². The molecule has 0 heterocycles. The number of fused-ring (bicyclic) bond motifs is 23. The summed E-state index contributed by atoms with van der Waals surface area (Å²) in [7, 11) is 0. The monoisotopic (exact) mass is 885 g/mol. The number of rotatable bonds is 3. The molecule has 4 aliphatic carbocycles. The maximum Gasteiger partial charge on any atom is 0.0726 e. The Balaban J connectivity index is 0.945. The molecule has 0 saturated carbocycles. The zero-order valence-corrected chi connectivity index (χ0v) is 38.5. The minimum atomic E-state index is -0.483. The third kappa shape index (κ3) is 4.77. The molecule has 0 fully saturated rings. The van der Waals surface area contributed by atoms with Crippen molar-refractivity contribution in [3.8, 4) is 44.5 Å². The van der Waals surface area contributed by atoms with Crippen LogP contribution in [0.1, 0.15) is 50.1 Å². The van der Waals surface area contributed by atoms with E-state index in [9.17, 15) is 0 Å². The minimum absolute atomic E-state index is 0.454. The van der Waals surface area contributed by atoms with Crippen molar-refractivity contribution in [2.45, 2.75) is 17.8 Å². The average Bonchev–Trinajstić information content (AvgIpc) is 4.08. The van der Waals surface area contributed by atoms with Crippen molar-refractivity contribution in [1.82, 2.24) is 0 Å². The maximum atomic E-state index is 2.54. The summed E-state index contributed by atoms with van der Waals surface area (Å²) in [6, 6.07) is 92.6. The van der Waals surface area contributed by atoms with Crippen molar-refractivity contribution in [2.75, 3.05) is 4.90 Å². The standard InChI is InChI=1S/C69H43N/c1-42-26-29-49(30-27-42)70(51-32-33-56-57-35-43-14-2-4-16-45(43)38-64(57)69(67(56)41-51)62-24-12-8-20-54(62)55-21-9-13-25-63(55)69)50-31-28-47-37-59-58-36-44-15-3-5-17-46(44)39-65(58)68(66(59)40-48(47)34-50)60-22-10-6-18-52(60)53-19-7-11-23-61(53)68/h2-41H,1H3. The number of anilines is 3. The van der Waals surface area contributed by atoms with Crippen molar-refractivity contribution in [2.24, 2.45) is 0 Å². The van der Waals surface area contributed by atoms with Crippen LogP contribution in [0.5, 0.6) is 0 Å². The predicted octanol–water partition coefficient (Wildman–Crippen LogP) is 17.6. The highest BCUT2D eigenvalue weighted by Gasteiger charge is 2.53. The van der Waals surface area contributed by atoms with Gasteiger partial charge in [0.2, 0.25) is 0 Å². The first kappa shape index (κ1) is 38.2. The molecule has 0 aliphatic heterocycles. The molecular weight excluding hydrogens is 843 g/mol. The van der Waals surface area contributed by atoms with Crippen LogP contribution in [0.15, 0.2) is 243 Å². The van der Waals surface area contributed by atoms with Crippen LogP contribution in [-0.2, 0) is 10.8 Å². The van der Waals surface area contributed by atoms with Gasteiger partial charge in [-0.25, -0.2) is 0 Å². The first-order chi connectivity index (χ1) is 34.6. The molecule has 0 unspecified atom stereocenters. The van der Waals surface area contributed by atoms with E-state index in [4.69, 9.17) is 0 Å². The van der Waals surface area contributed by atoms with E-state index in [-0.39, 0.29) is 0 Å². The van der Waals surface area contributed by atoms with Crippen molar-refractivity contribution >= 4 is 49.4 Å². The van der Waals surface area contributed by atoms with Gasteiger partial charge in [0.25, 0.3) is 0 Å². The summed E-state index contributed by atoms with van der Waals surface area (Å²) in [6.45, 7) is 2.18. The van der Waals surface area contributed by atoms with E-state index in [1.54, 1.807) is 0 Å². The van der Waals surface area contributed by atoms with E-state index < -0.39 is 10.8 Å². The van der Waals surface area contributed by atoms with Crippen molar-refractivity contribution in [1.29, 1.82) is 0 Å². The Kier molecular flexibility index (Phi) is 7.47. The summed E-state index contributed by atoms with van der Waals surface area (Å²) in [5, 5.41) is 7.53. The quantitative estimate of drug-likeness (QED) is 0.171. The van der Waals surface area contributed by atoms with E-state index in [0.717, 1.165) is 17.1 Å². The van der Waals surface area contributed by atoms with Gasteiger partial charge in [-0.15, -0.1) is 0 Å². The summed E-state index contributed by atoms with van der Waals surface area (Å²) in [4.78, 5) is 2.49. The Morgan fingerprint density at radius 2 is 0.557 bits per heavy atom. The van der Waals surface area contributed by atoms with Gasteiger partial charge in [-0.2, -0.15) is 0 Å². The fourth-order valence-corrected chi connectivity index (χ4v) is 13.8. The molecule has 1 nitrogen and oxygen atoms in total. The maximum absolute atomic E-state index is 2.54. The third-order valence-electron chi connectivity index (χ3n) is 16.6. The van der Waals surface area contributed by atoms with Gasteiger partial charge in [-0.3, -0.25) is 0 Å². The fraction of sp³-hybridized carbons (Fsp3) is 0.0435. The van der Waals surface area contributed by atoms with Gasteiger partial charge in [0.15, 0.2) is 0 Å². The lowest BCUT2D eigenvalue weighted by atomic mass is 9.70. The lowest BCUT2D eigenvalue weighted by Crippen LogP contribution is -2.26. The molecule has 12 aromatic carbocycles. The Hall–Kier alpha value is -8.78. The van der Waals surface area contributed by atoms with Gasteiger partial charge in [0, 0.05) is 17.1 Å². The van der Waals surface area contributed by atoms with Crippen LogP contribution >= 0.6 is 0 Å². The second-order valence-electron chi connectivity index (χ2n) is 20.0. The molecular formula is C69H43N. The summed E-state index contributed by atoms with van der Waals surface area (Å²) in [6.07, 6.45) is 0. The largest absolute Gasteiger partial charge is 0.310 e. The molecule has 4 aliphatic rings. The van der Waals surface area contributed by atoms with E-state index >= 15 is 0 Å². The highest BCUT2D eigenvalue weighted by atomic mass is 15.1. The van der Waals surface area contributed by atoms with Crippen LogP contribution < -0.4 is 4.90 Å². The van der Waals surface area contributed by atoms with Gasteiger partial charge >= 0.3 is 0 Å². The number of aryl methyl sites for hydroxylation is 1. The molecule has 324 valence electrons. The second kappa shape index (κ2) is 13.7. The van der Waals surface area contributed by atoms with Crippen molar-refractivity contribution < 1.29 is 0 Å². The van der Waals surface area contributed by atoms with Crippen LogP contribution in [0.25, 0.3) is 76.8 Å². The first-order valence-electron chi connectivity index (χ1n) is 24.6. The SMILES string of the molecule is Cc1ccc(N(c2ccc3c(c2)C2(c4ccccc4-c4ccccc42)c2cc4ccccc4cc2-3)c2ccc3cc4c(cc3c2)C2(c3ccccc3-c3ccccc32)c2cc3ccccc3cc2-4)cc1. The number of benzene rings is 12. The Bertz CT molecular complexity index is 4170. The van der Waals surface area contributed by atoms with E-state index in [1.165, 1.54) is 127 Å². The van der Waals surface area contributed by atoms with Crippen LogP contribution in [0.4, 0.5) is 17.1 Å². The number of hydrogen-bond acceptors (Lipinski definition) is 1. The molecule has 0 radical (unpaired) electrons. The van der Waals surface area contributed by atoms with Gasteiger partial charge in [0.1, 0.15) is 0 Å². The molecule has 0 saturated heterocycles. The number of hydrogen-bond donors (Lipinski definition) is 0. The van der Waals surface area contributed by atoms with E-state index in [2.05, 4.69) is 254 Å². The molecule has 0 bridgehead atoms. The lowest BCUT2D eigenvalue weighted by Gasteiger charge is -2.32. The molecule has 1 heteroatoms. The molecule has 70 heavy (non-hydrogen) atoms. The molecule has 0 N–H and O–H groups in total. The molecule has 0 amide bonds. The van der Waals surface area contributed by atoms with Crippen molar-refractivity contribution in [3.05, 3.63) is 293 Å². The van der Waals surface area contributed by atoms with Gasteiger partial charge < -0.3 is 4.90 Å². The molecule has 12 aromatic rings. The highest BCUT2D eigenvalue weighted by molar-refractivity contribution is 6.05. The third-order valence-corrected chi connectivity index (χ3v) is 16.6. The number of nitrogens with zero attached hydrogens (tertiary/aromatic N) is 1. The van der Waals surface area contributed by atoms with E-state index in [1.807, 2.05) is 0 Å². The zero-order chi connectivity index (χ0) is 45.9. The summed E-state index contributed by atoms with van der Waals surface area (Å²) >= 11 is 0. The smallest absolute Gasteiger partial charge is 0.0726 e. The van der Waals surface area contributed by atoms with Gasteiger partial charge in [0.05, 0.1) is 10.8 Å². The molecule has 16 rings (SSSR count). The topological polar surface area (TPSA) is 3.24 Å². The summed E-state index contributed by atoms with van der Waals surface area (Å²) in [5.41, 5.74) is 25.0. The molecule has 0 atom stereocenters. The normalized spacial score (nSPS) is 14.3. The average molecular weight is 886 g/mol. The Labute approximate surface area is 407 Å². The Morgan fingerprint density at radius 1 is 0.229 bits per heavy atom. The predicted molar refractivity (Wildman–Crippen MR) is 291 cm³/mol. The van der Waals surface area contributed by atoms with Crippen molar-refractivity contribution in [3.63, 3.8) is 0 Å². The first-order valence-corrected chi connectivity index (χ1v) is 24.6. The summed E-state index contributed by atoms with van der Waals surface area (Å²) < 4.78 is 0. The van der Waals surface area contributed by atoms with E-state index in [0.29, 0.717) is 0 Å². The Morgan fingerprint density at radius 3 is 1.04 bits per heavy atom. The summed E-state index contributed by atoms with van der Waals surface area (Å²) in [5.74, 6) is 0. The van der Waals surface area contributed by atoms with Crippen LogP contribution in [0, 0.1) is 6.92 Å². The second-order valence-corrected chi connectivity index (χ2v) is 20.0. The zero-order valence-electron chi connectivity index (χ0n) is 38.5. The van der Waals surface area contributed by atoms with Gasteiger partial charge in [-0.1, -0.05) is 175 Å².